The van der Waals surface area contributed by atoms with E-state index in [-0.39, 0.29) is 18.3 Å². The van der Waals surface area contributed by atoms with Crippen LogP contribution in [-0.4, -0.2) is 50.8 Å². The summed E-state index contributed by atoms with van der Waals surface area (Å²) < 4.78 is 16.4. The molecule has 0 saturated carbocycles. The number of methoxy groups -OCH3 is 1. The standard InChI is InChI=1S/C24H30N4O6/c1-4-6-14-25-23(30)24(31)28-26-15-17-8-7-9-20(32-3)22(17)34-16-21(29)27-18-10-12-19(13-11-18)33-5-2/h7-13,15H,4-6,14,16H2,1-3H3,(H,25,30)(H,27,29)(H,28,31)/b26-15-. The molecule has 3 N–H and O–H groups in total. The summed E-state index contributed by atoms with van der Waals surface area (Å²) >= 11 is 0. The van der Waals surface area contributed by atoms with Gasteiger partial charge in [0.05, 0.1) is 19.9 Å². The molecule has 0 saturated heterocycles. The lowest BCUT2D eigenvalue weighted by Crippen LogP contribution is -2.38. The Bertz CT molecular complexity index is 991. The van der Waals surface area contributed by atoms with Crippen molar-refractivity contribution in [1.29, 1.82) is 0 Å². The Hall–Kier alpha value is -4.08. The molecule has 0 unspecified atom stereocenters. The molecule has 0 bridgehead atoms. The molecule has 10 heteroatoms. The van der Waals surface area contributed by atoms with Crippen LogP contribution in [0.15, 0.2) is 47.6 Å². The summed E-state index contributed by atoms with van der Waals surface area (Å²) in [5.41, 5.74) is 3.21. The second kappa shape index (κ2) is 14.1. The second-order valence-corrected chi connectivity index (χ2v) is 6.98. The van der Waals surface area contributed by atoms with Gasteiger partial charge in [-0.2, -0.15) is 5.10 Å². The molecule has 10 nitrogen and oxygen atoms in total. The number of amides is 3. The summed E-state index contributed by atoms with van der Waals surface area (Å²) in [5.74, 6) is -0.681. The lowest BCUT2D eigenvalue weighted by molar-refractivity contribution is -0.139. The monoisotopic (exact) mass is 470 g/mol. The zero-order chi connectivity index (χ0) is 24.8. The van der Waals surface area contributed by atoms with E-state index in [0.29, 0.717) is 35.9 Å². The van der Waals surface area contributed by atoms with Gasteiger partial charge in [0.25, 0.3) is 5.91 Å². The van der Waals surface area contributed by atoms with Gasteiger partial charge in [0, 0.05) is 17.8 Å². The number of hydrazone groups is 1. The van der Waals surface area contributed by atoms with E-state index in [4.69, 9.17) is 14.2 Å². The van der Waals surface area contributed by atoms with Gasteiger partial charge in [-0.1, -0.05) is 19.4 Å². The first-order chi connectivity index (χ1) is 16.5. The fraction of sp³-hybridized carbons (Fsp3) is 0.333. The molecular formula is C24H30N4O6. The highest BCUT2D eigenvalue weighted by Crippen LogP contribution is 2.30. The summed E-state index contributed by atoms with van der Waals surface area (Å²) in [5, 5.41) is 9.05. The van der Waals surface area contributed by atoms with Crippen LogP contribution in [0.5, 0.6) is 17.2 Å². The molecule has 2 aromatic carbocycles. The number of hydrogen-bond acceptors (Lipinski definition) is 7. The molecule has 0 aromatic heterocycles. The topological polar surface area (TPSA) is 127 Å². The number of anilines is 1. The SMILES string of the molecule is CCCCNC(=O)C(=O)N/N=C\c1cccc(OC)c1OCC(=O)Nc1ccc(OCC)cc1. The van der Waals surface area contributed by atoms with Crippen molar-refractivity contribution in [2.75, 3.05) is 32.2 Å². The van der Waals surface area contributed by atoms with Crippen LogP contribution >= 0.6 is 0 Å². The van der Waals surface area contributed by atoms with Crippen molar-refractivity contribution in [1.82, 2.24) is 10.7 Å². The minimum atomic E-state index is -0.882. The number of hydrogen-bond donors (Lipinski definition) is 3. The summed E-state index contributed by atoms with van der Waals surface area (Å²) in [6, 6.07) is 12.0. The number of nitrogens with zero attached hydrogens (tertiary/aromatic N) is 1. The fourth-order valence-corrected chi connectivity index (χ4v) is 2.76. The van der Waals surface area contributed by atoms with Gasteiger partial charge in [-0.15, -0.1) is 0 Å². The number of para-hydroxylation sites is 1. The molecule has 182 valence electrons. The maximum Gasteiger partial charge on any atom is 0.329 e. The molecule has 0 radical (unpaired) electrons. The Morgan fingerprint density at radius 2 is 1.76 bits per heavy atom. The van der Waals surface area contributed by atoms with Gasteiger partial charge in [-0.3, -0.25) is 14.4 Å². The van der Waals surface area contributed by atoms with Crippen molar-refractivity contribution in [3.05, 3.63) is 48.0 Å². The van der Waals surface area contributed by atoms with Gasteiger partial charge in [0.15, 0.2) is 18.1 Å². The highest BCUT2D eigenvalue weighted by molar-refractivity contribution is 6.35. The second-order valence-electron chi connectivity index (χ2n) is 6.98. The smallest absolute Gasteiger partial charge is 0.329 e. The Kier molecular flexibility index (Phi) is 10.9. The number of nitrogens with one attached hydrogen (secondary N) is 3. The van der Waals surface area contributed by atoms with E-state index in [0.717, 1.165) is 12.8 Å². The quantitative estimate of drug-likeness (QED) is 0.189. The molecule has 2 aromatic rings. The Morgan fingerprint density at radius 3 is 2.44 bits per heavy atom. The highest BCUT2D eigenvalue weighted by Gasteiger charge is 2.14. The summed E-state index contributed by atoms with van der Waals surface area (Å²) in [4.78, 5) is 35.9. The number of carbonyl (C=O) groups is 3. The molecule has 0 spiro atoms. The van der Waals surface area contributed by atoms with Gasteiger partial charge >= 0.3 is 11.8 Å². The zero-order valence-electron chi connectivity index (χ0n) is 19.6. The number of benzene rings is 2. The van der Waals surface area contributed by atoms with Crippen LogP contribution < -0.4 is 30.3 Å². The van der Waals surface area contributed by atoms with Gasteiger partial charge in [-0.25, -0.2) is 5.43 Å². The maximum absolute atomic E-state index is 12.4. The van der Waals surface area contributed by atoms with E-state index in [1.54, 1.807) is 42.5 Å². The van der Waals surface area contributed by atoms with Gasteiger partial charge in [-0.05, 0) is 49.7 Å². The number of rotatable bonds is 12. The summed E-state index contributed by atoms with van der Waals surface area (Å²) in [7, 11) is 1.46. The van der Waals surface area contributed by atoms with E-state index < -0.39 is 11.8 Å². The van der Waals surface area contributed by atoms with E-state index in [9.17, 15) is 14.4 Å². The van der Waals surface area contributed by atoms with Crippen LogP contribution in [0.4, 0.5) is 5.69 Å². The van der Waals surface area contributed by atoms with Crippen molar-refractivity contribution >= 4 is 29.6 Å². The minimum absolute atomic E-state index is 0.261. The van der Waals surface area contributed by atoms with Crippen molar-refractivity contribution in [2.45, 2.75) is 26.7 Å². The van der Waals surface area contributed by atoms with E-state index in [2.05, 4.69) is 21.2 Å². The average Bonchev–Trinajstić information content (AvgIpc) is 2.84. The van der Waals surface area contributed by atoms with E-state index in [1.807, 2.05) is 13.8 Å². The molecule has 0 aliphatic carbocycles. The van der Waals surface area contributed by atoms with Crippen LogP contribution in [-0.2, 0) is 14.4 Å². The van der Waals surface area contributed by atoms with Crippen molar-refractivity contribution < 1.29 is 28.6 Å². The fourth-order valence-electron chi connectivity index (χ4n) is 2.76. The Morgan fingerprint density at radius 1 is 1.00 bits per heavy atom. The third kappa shape index (κ3) is 8.45. The molecule has 3 amide bonds. The average molecular weight is 471 g/mol. The van der Waals surface area contributed by atoms with Crippen LogP contribution in [0.25, 0.3) is 0 Å². The highest BCUT2D eigenvalue weighted by atomic mass is 16.5. The number of carbonyl (C=O) groups excluding carboxylic acids is 3. The summed E-state index contributed by atoms with van der Waals surface area (Å²) in [6.07, 6.45) is 2.98. The van der Waals surface area contributed by atoms with Crippen molar-refractivity contribution in [2.24, 2.45) is 5.10 Å². The van der Waals surface area contributed by atoms with Crippen LogP contribution in [0.3, 0.4) is 0 Å². The van der Waals surface area contributed by atoms with E-state index in [1.165, 1.54) is 13.3 Å². The molecule has 0 atom stereocenters. The first kappa shape index (κ1) is 26.2. The number of ether oxygens (including phenoxy) is 3. The predicted octanol–water partition coefficient (Wildman–Crippen LogP) is 2.48. The molecule has 0 aliphatic rings. The number of unbranched alkanes of at least 4 members (excludes halogenated alkanes) is 1. The van der Waals surface area contributed by atoms with Crippen LogP contribution in [0, 0.1) is 0 Å². The largest absolute Gasteiger partial charge is 0.494 e. The Balaban J connectivity index is 1.98. The lowest BCUT2D eigenvalue weighted by atomic mass is 10.2. The normalized spacial score (nSPS) is 10.4. The summed E-state index contributed by atoms with van der Waals surface area (Å²) in [6.45, 7) is 4.55. The van der Waals surface area contributed by atoms with E-state index >= 15 is 0 Å². The molecule has 0 aliphatic heterocycles. The predicted molar refractivity (Wildman–Crippen MR) is 128 cm³/mol. The van der Waals surface area contributed by atoms with Crippen LogP contribution in [0.2, 0.25) is 0 Å². The first-order valence-corrected chi connectivity index (χ1v) is 10.9. The van der Waals surface area contributed by atoms with Gasteiger partial charge in [0.1, 0.15) is 5.75 Å². The molecule has 34 heavy (non-hydrogen) atoms. The first-order valence-electron chi connectivity index (χ1n) is 10.9. The minimum Gasteiger partial charge on any atom is -0.494 e. The van der Waals surface area contributed by atoms with Crippen LogP contribution in [0.1, 0.15) is 32.3 Å². The third-order valence-corrected chi connectivity index (χ3v) is 4.42. The molecule has 0 heterocycles. The molecule has 0 fully saturated rings. The molecular weight excluding hydrogens is 440 g/mol. The van der Waals surface area contributed by atoms with Gasteiger partial charge in [0.2, 0.25) is 0 Å². The maximum atomic E-state index is 12.4. The molecule has 2 rings (SSSR count). The lowest BCUT2D eigenvalue weighted by Gasteiger charge is -2.13. The Labute approximate surface area is 198 Å². The van der Waals surface area contributed by atoms with Crippen molar-refractivity contribution in [3.63, 3.8) is 0 Å². The third-order valence-electron chi connectivity index (χ3n) is 4.42. The zero-order valence-corrected chi connectivity index (χ0v) is 19.6. The van der Waals surface area contributed by atoms with Crippen molar-refractivity contribution in [3.8, 4) is 17.2 Å². The van der Waals surface area contributed by atoms with Gasteiger partial charge < -0.3 is 24.8 Å².